The lowest BCUT2D eigenvalue weighted by atomic mass is 10.1. The number of anilines is 1. The molecular weight excluding hydrogens is 412 g/mol. The van der Waals surface area contributed by atoms with Crippen molar-refractivity contribution in [2.24, 2.45) is 0 Å². The van der Waals surface area contributed by atoms with Crippen molar-refractivity contribution in [3.8, 4) is 11.5 Å². The molecule has 1 aliphatic rings. The van der Waals surface area contributed by atoms with Gasteiger partial charge in [0.05, 0.1) is 32.0 Å². The molecule has 0 saturated heterocycles. The summed E-state index contributed by atoms with van der Waals surface area (Å²) in [6.07, 6.45) is 4.62. The van der Waals surface area contributed by atoms with Crippen molar-refractivity contribution >= 4 is 28.3 Å². The fraction of sp³-hybridized carbons (Fsp3) is 0.391. The number of nitrogens with one attached hydrogen (secondary N) is 1. The topological polar surface area (TPSA) is 103 Å². The van der Waals surface area contributed by atoms with Crippen LogP contribution < -0.4 is 14.8 Å². The van der Waals surface area contributed by atoms with Gasteiger partial charge in [-0.05, 0) is 25.6 Å². The summed E-state index contributed by atoms with van der Waals surface area (Å²) < 4.78 is 16.4. The van der Waals surface area contributed by atoms with Crippen LogP contribution in [-0.4, -0.2) is 66.9 Å². The zero-order chi connectivity index (χ0) is 23.1. The van der Waals surface area contributed by atoms with E-state index in [4.69, 9.17) is 14.2 Å². The number of ketones is 2. The third-order valence-electron chi connectivity index (χ3n) is 5.21. The second-order valence-corrected chi connectivity index (χ2v) is 7.10. The van der Waals surface area contributed by atoms with Crippen LogP contribution in [0.3, 0.4) is 0 Å². The molecular formula is C23H28N4O5. The third-order valence-corrected chi connectivity index (χ3v) is 5.21. The number of nitrogens with zero attached hydrogens (tertiary/aromatic N) is 3. The van der Waals surface area contributed by atoms with E-state index in [1.807, 2.05) is 0 Å². The number of carbonyl (C=O) groups excluding carboxylic acids is 2. The lowest BCUT2D eigenvalue weighted by molar-refractivity contribution is -0.117. The molecule has 1 aliphatic carbocycles. The average Bonchev–Trinajstić information content (AvgIpc) is 2.81. The maximum Gasteiger partial charge on any atom is 0.222 e. The minimum Gasteiger partial charge on any atom is -0.493 e. The van der Waals surface area contributed by atoms with Crippen molar-refractivity contribution in [2.45, 2.75) is 20.3 Å². The normalized spacial score (nSPS) is 13.8. The highest BCUT2D eigenvalue weighted by Gasteiger charge is 2.22. The van der Waals surface area contributed by atoms with Gasteiger partial charge in [-0.2, -0.15) is 0 Å². The molecule has 1 heterocycles. The summed E-state index contributed by atoms with van der Waals surface area (Å²) in [5.74, 6) is 0.708. The summed E-state index contributed by atoms with van der Waals surface area (Å²) in [5, 5.41) is 3.56. The Hall–Kier alpha value is -3.46. The Balaban J connectivity index is 1.80. The smallest absolute Gasteiger partial charge is 0.222 e. The molecule has 0 unspecified atom stereocenters. The van der Waals surface area contributed by atoms with Gasteiger partial charge in [-0.25, -0.2) is 9.97 Å². The van der Waals surface area contributed by atoms with Crippen molar-refractivity contribution in [1.29, 1.82) is 0 Å². The first-order valence-corrected chi connectivity index (χ1v) is 10.5. The van der Waals surface area contributed by atoms with Crippen LogP contribution in [-0.2, 0) is 14.3 Å². The van der Waals surface area contributed by atoms with Gasteiger partial charge < -0.3 is 24.4 Å². The molecule has 1 aromatic carbocycles. The summed E-state index contributed by atoms with van der Waals surface area (Å²) in [5.41, 5.74) is 0.719. The van der Waals surface area contributed by atoms with Crippen molar-refractivity contribution in [3.63, 3.8) is 0 Å². The molecule has 9 nitrogen and oxygen atoms in total. The molecule has 0 radical (unpaired) electrons. The lowest BCUT2D eigenvalue weighted by Gasteiger charge is -2.18. The second-order valence-electron chi connectivity index (χ2n) is 7.10. The van der Waals surface area contributed by atoms with Crippen LogP contribution in [0.15, 0.2) is 42.1 Å². The first-order valence-electron chi connectivity index (χ1n) is 10.5. The highest BCUT2D eigenvalue weighted by molar-refractivity contribution is 6.20. The Morgan fingerprint density at radius 1 is 0.969 bits per heavy atom. The molecule has 0 atom stereocenters. The number of methoxy groups -OCH3 is 2. The number of hydrogen-bond donors (Lipinski definition) is 1. The summed E-state index contributed by atoms with van der Waals surface area (Å²) in [7, 11) is 2.90. The number of fused-ring (bicyclic) bond motifs is 1. The predicted octanol–water partition coefficient (Wildman–Crippen LogP) is 2.73. The Labute approximate surface area is 187 Å². The van der Waals surface area contributed by atoms with Gasteiger partial charge in [0.2, 0.25) is 11.6 Å². The number of aromatic nitrogens is 2. The molecule has 0 amide bonds. The molecule has 0 spiro atoms. The number of rotatable bonds is 11. The van der Waals surface area contributed by atoms with Gasteiger partial charge in [-0.3, -0.25) is 9.59 Å². The van der Waals surface area contributed by atoms with Crippen LogP contribution in [0.25, 0.3) is 10.9 Å². The zero-order valence-electron chi connectivity index (χ0n) is 18.8. The van der Waals surface area contributed by atoms with Crippen molar-refractivity contribution < 1.29 is 23.8 Å². The van der Waals surface area contributed by atoms with Gasteiger partial charge in [-0.15, -0.1) is 0 Å². The molecule has 0 bridgehead atoms. The van der Waals surface area contributed by atoms with E-state index in [2.05, 4.69) is 34.0 Å². The van der Waals surface area contributed by atoms with Crippen LogP contribution in [0, 0.1) is 0 Å². The van der Waals surface area contributed by atoms with Gasteiger partial charge in [0.15, 0.2) is 17.3 Å². The number of carbonyl (C=O) groups is 2. The van der Waals surface area contributed by atoms with Crippen molar-refractivity contribution in [3.05, 3.63) is 42.1 Å². The van der Waals surface area contributed by atoms with E-state index in [-0.39, 0.29) is 17.2 Å². The van der Waals surface area contributed by atoms with E-state index in [0.717, 1.165) is 32.1 Å². The molecule has 2 aromatic rings. The summed E-state index contributed by atoms with van der Waals surface area (Å²) >= 11 is 0. The van der Waals surface area contributed by atoms with E-state index in [9.17, 15) is 9.59 Å². The van der Waals surface area contributed by atoms with Gasteiger partial charge in [0.25, 0.3) is 0 Å². The Morgan fingerprint density at radius 3 is 2.44 bits per heavy atom. The fourth-order valence-electron chi connectivity index (χ4n) is 3.37. The van der Waals surface area contributed by atoms with Crippen LogP contribution in [0.1, 0.15) is 20.3 Å². The number of ether oxygens (including phenoxy) is 3. The van der Waals surface area contributed by atoms with E-state index in [1.54, 1.807) is 19.2 Å². The molecule has 0 aliphatic heterocycles. The molecule has 32 heavy (non-hydrogen) atoms. The SMILES string of the molecule is CCN(CC)CCCOc1cc2ncnc(NC3=CC(=O)C(OC)=CC3=O)c2cc1OC. The van der Waals surface area contributed by atoms with E-state index >= 15 is 0 Å². The first-order chi connectivity index (χ1) is 15.5. The quantitative estimate of drug-likeness (QED) is 0.417. The van der Waals surface area contributed by atoms with Gasteiger partial charge >= 0.3 is 0 Å². The van der Waals surface area contributed by atoms with E-state index < -0.39 is 5.78 Å². The van der Waals surface area contributed by atoms with Crippen molar-refractivity contribution in [2.75, 3.05) is 45.8 Å². The Morgan fingerprint density at radius 2 is 1.75 bits per heavy atom. The predicted molar refractivity (Wildman–Crippen MR) is 121 cm³/mol. The largest absolute Gasteiger partial charge is 0.493 e. The van der Waals surface area contributed by atoms with Gasteiger partial charge in [0, 0.05) is 30.1 Å². The summed E-state index contributed by atoms with van der Waals surface area (Å²) in [6.45, 7) is 7.81. The molecule has 0 saturated carbocycles. The van der Waals surface area contributed by atoms with Crippen LogP contribution in [0.2, 0.25) is 0 Å². The molecule has 1 N–H and O–H groups in total. The summed E-state index contributed by atoms with van der Waals surface area (Å²) in [6, 6.07) is 3.53. The third kappa shape index (κ3) is 5.23. The number of benzene rings is 1. The number of allylic oxidation sites excluding steroid dienone is 2. The fourth-order valence-corrected chi connectivity index (χ4v) is 3.37. The number of hydrogen-bond acceptors (Lipinski definition) is 9. The molecule has 3 rings (SSSR count). The minimum atomic E-state index is -0.397. The molecule has 9 heteroatoms. The minimum absolute atomic E-state index is 0.00227. The van der Waals surface area contributed by atoms with Crippen LogP contribution in [0.4, 0.5) is 5.82 Å². The van der Waals surface area contributed by atoms with E-state index in [0.29, 0.717) is 34.8 Å². The average molecular weight is 441 g/mol. The van der Waals surface area contributed by atoms with Crippen LogP contribution in [0.5, 0.6) is 11.5 Å². The Bertz CT molecular complexity index is 1060. The lowest BCUT2D eigenvalue weighted by Crippen LogP contribution is -2.25. The van der Waals surface area contributed by atoms with Crippen LogP contribution >= 0.6 is 0 Å². The summed E-state index contributed by atoms with van der Waals surface area (Å²) in [4.78, 5) is 35.3. The van der Waals surface area contributed by atoms with Crippen molar-refractivity contribution in [1.82, 2.24) is 14.9 Å². The highest BCUT2D eigenvalue weighted by atomic mass is 16.5. The highest BCUT2D eigenvalue weighted by Crippen LogP contribution is 2.34. The second kappa shape index (κ2) is 10.7. The monoisotopic (exact) mass is 440 g/mol. The molecule has 1 aromatic heterocycles. The van der Waals surface area contributed by atoms with Gasteiger partial charge in [-0.1, -0.05) is 13.8 Å². The maximum atomic E-state index is 12.3. The molecule has 170 valence electrons. The van der Waals surface area contributed by atoms with Gasteiger partial charge in [0.1, 0.15) is 12.1 Å². The maximum absolute atomic E-state index is 12.3. The first kappa shape index (κ1) is 23.2. The zero-order valence-corrected chi connectivity index (χ0v) is 18.8. The molecule has 0 fully saturated rings. The standard InChI is InChI=1S/C23H28N4O5/c1-5-27(6-2)8-7-9-32-22-12-16-15(10-21(22)31-4)23(25-14-24-16)26-17-11-19(29)20(30-3)13-18(17)28/h10-14H,5-9H2,1-4H3,(H,24,25,26). The Kier molecular flexibility index (Phi) is 7.77. The van der Waals surface area contributed by atoms with E-state index in [1.165, 1.54) is 19.5 Å².